The third kappa shape index (κ3) is 7.42. The Morgan fingerprint density at radius 1 is 0.774 bits per heavy atom. The molecule has 5 nitrogen and oxygen atoms in total. The number of nitrogen functional groups attached to an aromatic ring is 1. The molecule has 0 spiro atoms. The third-order valence-corrected chi connectivity index (χ3v) is 4.33. The summed E-state index contributed by atoms with van der Waals surface area (Å²) in [5, 5.41) is 6.54. The van der Waals surface area contributed by atoms with E-state index < -0.39 is 6.36 Å². The lowest BCUT2D eigenvalue weighted by atomic mass is 10.2. The van der Waals surface area contributed by atoms with Crippen LogP contribution in [0.5, 0.6) is 17.2 Å². The van der Waals surface area contributed by atoms with E-state index in [1.54, 1.807) is 0 Å². The number of ether oxygens (including phenoxy) is 2. The van der Waals surface area contributed by atoms with Crippen molar-refractivity contribution in [1.82, 2.24) is 5.32 Å². The second-order valence-corrected chi connectivity index (χ2v) is 6.79. The van der Waals surface area contributed by atoms with Gasteiger partial charge in [0.15, 0.2) is 11.5 Å². The molecule has 2 aliphatic rings. The van der Waals surface area contributed by atoms with E-state index in [2.05, 4.69) is 15.4 Å². The Labute approximate surface area is 179 Å². The zero-order valence-corrected chi connectivity index (χ0v) is 16.8. The quantitative estimate of drug-likeness (QED) is 0.319. The van der Waals surface area contributed by atoms with E-state index in [9.17, 15) is 13.2 Å². The molecule has 31 heavy (non-hydrogen) atoms. The topological polar surface area (TPSA) is 68.5 Å². The number of rotatable bonds is 1. The molecule has 8 heteroatoms. The Kier molecular flexibility index (Phi) is 7.61. The van der Waals surface area contributed by atoms with Gasteiger partial charge in [-0.1, -0.05) is 24.3 Å². The summed E-state index contributed by atoms with van der Waals surface area (Å²) in [6.45, 7) is 2.50. The number of fused-ring (bicyclic) bond motifs is 2. The van der Waals surface area contributed by atoms with Crippen molar-refractivity contribution in [2.45, 2.75) is 19.2 Å². The highest BCUT2D eigenvalue weighted by molar-refractivity contribution is 5.75. The number of alkyl halides is 3. The number of halogens is 3. The number of anilines is 3. The molecule has 0 amide bonds. The van der Waals surface area contributed by atoms with Crippen LogP contribution in [0.2, 0.25) is 0 Å². The van der Waals surface area contributed by atoms with Crippen molar-refractivity contribution in [3.63, 3.8) is 0 Å². The molecular formula is C23H24F3N3O2. The van der Waals surface area contributed by atoms with Crippen molar-refractivity contribution in [2.75, 3.05) is 24.1 Å². The van der Waals surface area contributed by atoms with Gasteiger partial charge >= 0.3 is 6.36 Å². The van der Waals surface area contributed by atoms with Crippen LogP contribution in [0.1, 0.15) is 12.8 Å². The van der Waals surface area contributed by atoms with Gasteiger partial charge in [-0.25, -0.2) is 0 Å². The third-order valence-electron chi connectivity index (χ3n) is 4.33. The largest absolute Gasteiger partial charge is 0.573 e. The second-order valence-electron chi connectivity index (χ2n) is 6.79. The Hall–Kier alpha value is -3.39. The fraction of sp³-hybridized carbons (Fsp3) is 0.217. The molecule has 0 aromatic heterocycles. The summed E-state index contributed by atoms with van der Waals surface area (Å²) in [7, 11) is 0. The highest BCUT2D eigenvalue weighted by atomic mass is 19.4. The number of nitrogens with two attached hydrogens (primary N) is 1. The molecule has 4 N–H and O–H groups in total. The summed E-state index contributed by atoms with van der Waals surface area (Å²) in [4.78, 5) is 0. The predicted octanol–water partition coefficient (Wildman–Crippen LogP) is 6.07. The molecule has 3 aromatic rings. The van der Waals surface area contributed by atoms with Crippen molar-refractivity contribution in [3.05, 3.63) is 72.8 Å². The molecule has 1 saturated heterocycles. The van der Waals surface area contributed by atoms with Gasteiger partial charge in [0, 0.05) is 5.69 Å². The van der Waals surface area contributed by atoms with E-state index in [0.29, 0.717) is 5.69 Å². The van der Waals surface area contributed by atoms with Crippen LogP contribution in [0.15, 0.2) is 72.8 Å². The van der Waals surface area contributed by atoms with Gasteiger partial charge in [-0.15, -0.1) is 13.2 Å². The first kappa shape index (κ1) is 22.3. The van der Waals surface area contributed by atoms with Gasteiger partial charge in [-0.2, -0.15) is 0 Å². The second kappa shape index (κ2) is 10.6. The normalized spacial score (nSPS) is 13.6. The molecule has 1 fully saturated rings. The van der Waals surface area contributed by atoms with Crippen LogP contribution in [0.25, 0.3) is 0 Å². The monoisotopic (exact) mass is 431 g/mol. The van der Waals surface area contributed by atoms with Crippen molar-refractivity contribution in [2.24, 2.45) is 0 Å². The van der Waals surface area contributed by atoms with Crippen LogP contribution in [-0.2, 0) is 0 Å². The maximum Gasteiger partial charge on any atom is 0.573 e. The summed E-state index contributed by atoms with van der Waals surface area (Å²) in [5.74, 6) is 1.49. The molecule has 0 atom stereocenters. The SMILES string of the molecule is C1CCNC1.Nc1ccc(OC(F)(F)F)cc1.c1ccc2c(c1)Nc1ccccc1O2. The number of para-hydroxylation sites is 4. The first-order valence-electron chi connectivity index (χ1n) is 9.86. The molecule has 0 saturated carbocycles. The van der Waals surface area contributed by atoms with E-state index >= 15 is 0 Å². The standard InChI is InChI=1S/C12H9NO.C7H6F3NO.C4H9N/c1-3-7-11-9(5-1)13-10-6-2-4-8-12(10)14-11;8-7(9,10)12-6-3-1-5(11)2-4-6;1-2-4-5-3-1/h1-8,13H;1-4H,11H2;5H,1-4H2. The predicted molar refractivity (Wildman–Crippen MR) is 116 cm³/mol. The zero-order chi connectivity index (χ0) is 22.1. The summed E-state index contributed by atoms with van der Waals surface area (Å²) in [6.07, 6.45) is -1.86. The van der Waals surface area contributed by atoms with Crippen molar-refractivity contribution >= 4 is 17.1 Å². The van der Waals surface area contributed by atoms with Crippen molar-refractivity contribution in [1.29, 1.82) is 0 Å². The summed E-state index contributed by atoms with van der Waals surface area (Å²) in [5.41, 5.74) is 7.69. The number of hydrogen-bond acceptors (Lipinski definition) is 5. The molecular weight excluding hydrogens is 407 g/mol. The van der Waals surface area contributed by atoms with Gasteiger partial charge in [-0.3, -0.25) is 0 Å². The average Bonchev–Trinajstić information content (AvgIpc) is 3.34. The van der Waals surface area contributed by atoms with Crippen LogP contribution < -0.4 is 25.8 Å². The summed E-state index contributed by atoms with van der Waals surface area (Å²) < 4.78 is 44.1. The van der Waals surface area contributed by atoms with E-state index in [1.165, 1.54) is 38.1 Å². The van der Waals surface area contributed by atoms with E-state index in [1.807, 2.05) is 48.5 Å². The number of benzene rings is 3. The van der Waals surface area contributed by atoms with Crippen LogP contribution in [0, 0.1) is 0 Å². The fourth-order valence-corrected chi connectivity index (χ4v) is 2.88. The Morgan fingerprint density at radius 3 is 1.74 bits per heavy atom. The molecule has 3 aromatic carbocycles. The van der Waals surface area contributed by atoms with E-state index in [0.717, 1.165) is 35.0 Å². The Morgan fingerprint density at radius 2 is 1.29 bits per heavy atom. The minimum absolute atomic E-state index is 0.267. The molecule has 0 unspecified atom stereocenters. The van der Waals surface area contributed by atoms with Crippen LogP contribution in [0.3, 0.4) is 0 Å². The smallest absolute Gasteiger partial charge is 0.453 e. The first-order chi connectivity index (χ1) is 14.9. The Balaban J connectivity index is 0.000000146. The molecule has 0 bridgehead atoms. The van der Waals surface area contributed by atoms with Crippen LogP contribution in [0.4, 0.5) is 30.2 Å². The van der Waals surface area contributed by atoms with Crippen LogP contribution >= 0.6 is 0 Å². The lowest BCUT2D eigenvalue weighted by Gasteiger charge is -2.20. The van der Waals surface area contributed by atoms with Gasteiger partial charge in [-0.05, 0) is 74.5 Å². The van der Waals surface area contributed by atoms with E-state index in [4.69, 9.17) is 10.5 Å². The highest BCUT2D eigenvalue weighted by Crippen LogP contribution is 2.40. The lowest BCUT2D eigenvalue weighted by Crippen LogP contribution is -2.16. The fourth-order valence-electron chi connectivity index (χ4n) is 2.88. The average molecular weight is 431 g/mol. The number of nitrogens with one attached hydrogen (secondary N) is 2. The highest BCUT2D eigenvalue weighted by Gasteiger charge is 2.30. The molecule has 0 radical (unpaired) electrons. The number of hydrogen-bond donors (Lipinski definition) is 3. The van der Waals surface area contributed by atoms with Crippen molar-refractivity contribution < 1.29 is 22.6 Å². The molecule has 5 rings (SSSR count). The minimum atomic E-state index is -4.64. The molecule has 2 heterocycles. The minimum Gasteiger partial charge on any atom is -0.453 e. The zero-order valence-electron chi connectivity index (χ0n) is 16.8. The van der Waals surface area contributed by atoms with Crippen LogP contribution in [-0.4, -0.2) is 19.5 Å². The molecule has 2 aliphatic heterocycles. The first-order valence-corrected chi connectivity index (χ1v) is 9.86. The molecule has 0 aliphatic carbocycles. The maximum atomic E-state index is 11.6. The lowest BCUT2D eigenvalue weighted by molar-refractivity contribution is -0.274. The van der Waals surface area contributed by atoms with Gasteiger partial charge in [0.05, 0.1) is 11.4 Å². The van der Waals surface area contributed by atoms with Gasteiger partial charge in [0.2, 0.25) is 0 Å². The van der Waals surface area contributed by atoms with Crippen molar-refractivity contribution in [3.8, 4) is 17.2 Å². The summed E-state index contributed by atoms with van der Waals surface area (Å²) >= 11 is 0. The van der Waals surface area contributed by atoms with Gasteiger partial charge in [0.25, 0.3) is 0 Å². The van der Waals surface area contributed by atoms with E-state index in [-0.39, 0.29) is 5.75 Å². The Bertz CT molecular complexity index is 864. The summed E-state index contributed by atoms with van der Waals surface area (Å²) in [6, 6.07) is 20.8. The van der Waals surface area contributed by atoms with Gasteiger partial charge in [0.1, 0.15) is 5.75 Å². The molecule has 164 valence electrons. The maximum absolute atomic E-state index is 11.6. The van der Waals surface area contributed by atoms with Gasteiger partial charge < -0.3 is 25.8 Å².